The molecule has 0 amide bonds. The Balaban J connectivity index is 1.63. The Morgan fingerprint density at radius 3 is 2.81 bits per heavy atom. The summed E-state index contributed by atoms with van der Waals surface area (Å²) in [5, 5.41) is 3.73. The monoisotopic (exact) mass is 224 g/mol. The van der Waals surface area contributed by atoms with Crippen LogP contribution in [0.15, 0.2) is 0 Å². The molecule has 1 N–H and O–H groups in total. The van der Waals surface area contributed by atoms with Crippen molar-refractivity contribution in [2.75, 3.05) is 26.2 Å². The van der Waals surface area contributed by atoms with E-state index < -0.39 is 0 Å². The number of nitrogens with one attached hydrogen (secondary N) is 1. The first-order valence-electron chi connectivity index (χ1n) is 6.93. The topological polar surface area (TPSA) is 24.5 Å². The van der Waals surface area contributed by atoms with Gasteiger partial charge in [0.1, 0.15) is 0 Å². The lowest BCUT2D eigenvalue weighted by molar-refractivity contribution is 0.0723. The largest absolute Gasteiger partial charge is 0.377 e. The molecule has 3 atom stereocenters. The van der Waals surface area contributed by atoms with Gasteiger partial charge in [-0.1, -0.05) is 0 Å². The summed E-state index contributed by atoms with van der Waals surface area (Å²) in [5.74, 6) is 0.971. The SMILES string of the molecule is CC1OCCC1N1CCCNC(C2CC2)C1. The molecule has 0 radical (unpaired) electrons. The molecule has 3 fully saturated rings. The van der Waals surface area contributed by atoms with Crippen LogP contribution < -0.4 is 5.32 Å². The lowest BCUT2D eigenvalue weighted by atomic mass is 10.1. The summed E-state index contributed by atoms with van der Waals surface area (Å²) < 4.78 is 5.71. The second-order valence-electron chi connectivity index (χ2n) is 5.68. The van der Waals surface area contributed by atoms with Crippen molar-refractivity contribution in [3.8, 4) is 0 Å². The molecule has 16 heavy (non-hydrogen) atoms. The van der Waals surface area contributed by atoms with Gasteiger partial charge in [0, 0.05) is 25.2 Å². The summed E-state index contributed by atoms with van der Waals surface area (Å²) in [7, 11) is 0. The molecule has 3 unspecified atom stereocenters. The summed E-state index contributed by atoms with van der Waals surface area (Å²) in [6.07, 6.45) is 5.87. The number of ether oxygens (including phenoxy) is 1. The van der Waals surface area contributed by atoms with Crippen molar-refractivity contribution in [3.63, 3.8) is 0 Å². The predicted molar refractivity (Wildman–Crippen MR) is 64.5 cm³/mol. The first-order chi connectivity index (χ1) is 7.84. The van der Waals surface area contributed by atoms with Crippen molar-refractivity contribution < 1.29 is 4.74 Å². The van der Waals surface area contributed by atoms with Gasteiger partial charge in [-0.15, -0.1) is 0 Å². The molecular weight excluding hydrogens is 200 g/mol. The summed E-state index contributed by atoms with van der Waals surface area (Å²) in [4.78, 5) is 2.70. The van der Waals surface area contributed by atoms with Crippen LogP contribution >= 0.6 is 0 Å². The maximum Gasteiger partial charge on any atom is 0.0703 e. The average molecular weight is 224 g/mol. The van der Waals surface area contributed by atoms with Gasteiger partial charge in [-0.3, -0.25) is 4.90 Å². The van der Waals surface area contributed by atoms with E-state index >= 15 is 0 Å². The smallest absolute Gasteiger partial charge is 0.0703 e. The van der Waals surface area contributed by atoms with Gasteiger partial charge in [-0.2, -0.15) is 0 Å². The van der Waals surface area contributed by atoms with Crippen LogP contribution in [0.1, 0.15) is 32.6 Å². The van der Waals surface area contributed by atoms with Crippen LogP contribution in [0.4, 0.5) is 0 Å². The van der Waals surface area contributed by atoms with E-state index in [-0.39, 0.29) is 0 Å². The van der Waals surface area contributed by atoms with Crippen molar-refractivity contribution in [3.05, 3.63) is 0 Å². The van der Waals surface area contributed by atoms with Crippen molar-refractivity contribution >= 4 is 0 Å². The Hall–Kier alpha value is -0.120. The van der Waals surface area contributed by atoms with Crippen LogP contribution in [0.3, 0.4) is 0 Å². The van der Waals surface area contributed by atoms with E-state index in [9.17, 15) is 0 Å². The fraction of sp³-hybridized carbons (Fsp3) is 1.00. The van der Waals surface area contributed by atoms with Crippen LogP contribution in [0, 0.1) is 5.92 Å². The average Bonchev–Trinajstić information content (AvgIpc) is 3.06. The van der Waals surface area contributed by atoms with Gasteiger partial charge in [-0.25, -0.2) is 0 Å². The molecule has 3 heteroatoms. The zero-order valence-corrected chi connectivity index (χ0v) is 10.3. The highest BCUT2D eigenvalue weighted by atomic mass is 16.5. The van der Waals surface area contributed by atoms with E-state index in [1.807, 2.05) is 0 Å². The molecule has 1 aliphatic carbocycles. The van der Waals surface area contributed by atoms with Crippen LogP contribution in [0.2, 0.25) is 0 Å². The summed E-state index contributed by atoms with van der Waals surface area (Å²) in [6, 6.07) is 1.44. The number of hydrogen-bond acceptors (Lipinski definition) is 3. The van der Waals surface area contributed by atoms with E-state index in [1.54, 1.807) is 0 Å². The van der Waals surface area contributed by atoms with Crippen molar-refractivity contribution in [1.29, 1.82) is 0 Å². The van der Waals surface area contributed by atoms with Crippen LogP contribution in [0.25, 0.3) is 0 Å². The maximum absolute atomic E-state index is 5.71. The molecule has 2 heterocycles. The van der Waals surface area contributed by atoms with Gasteiger partial charge in [0.2, 0.25) is 0 Å². The van der Waals surface area contributed by atoms with Crippen LogP contribution in [0.5, 0.6) is 0 Å². The van der Waals surface area contributed by atoms with E-state index in [4.69, 9.17) is 4.74 Å². The zero-order chi connectivity index (χ0) is 11.0. The first-order valence-corrected chi connectivity index (χ1v) is 6.93. The minimum atomic E-state index is 0.443. The van der Waals surface area contributed by atoms with Crippen molar-refractivity contribution in [2.45, 2.75) is 50.8 Å². The van der Waals surface area contributed by atoms with Gasteiger partial charge >= 0.3 is 0 Å². The standard InChI is InChI=1S/C13H24N2O/c1-10-13(5-8-16-10)15-7-2-6-14-12(9-15)11-3-4-11/h10-14H,2-9H2,1H3. The first kappa shape index (κ1) is 11.0. The highest BCUT2D eigenvalue weighted by molar-refractivity contribution is 4.93. The number of nitrogens with zero attached hydrogens (tertiary/aromatic N) is 1. The minimum Gasteiger partial charge on any atom is -0.377 e. The van der Waals surface area contributed by atoms with E-state index in [0.29, 0.717) is 12.1 Å². The van der Waals surface area contributed by atoms with Crippen LogP contribution in [-0.4, -0.2) is 49.3 Å². The Morgan fingerprint density at radius 1 is 1.25 bits per heavy atom. The van der Waals surface area contributed by atoms with Crippen molar-refractivity contribution in [1.82, 2.24) is 10.2 Å². The Bertz CT molecular complexity index is 242. The van der Waals surface area contributed by atoms with Crippen LogP contribution in [-0.2, 0) is 4.74 Å². The van der Waals surface area contributed by atoms with Gasteiger partial charge in [0.25, 0.3) is 0 Å². The summed E-state index contributed by atoms with van der Waals surface area (Å²) in [6.45, 7) is 6.92. The van der Waals surface area contributed by atoms with Gasteiger partial charge in [0.15, 0.2) is 0 Å². The molecule has 1 saturated carbocycles. The zero-order valence-electron chi connectivity index (χ0n) is 10.3. The summed E-state index contributed by atoms with van der Waals surface area (Å²) >= 11 is 0. The highest BCUT2D eigenvalue weighted by Crippen LogP contribution is 2.34. The third-order valence-electron chi connectivity index (χ3n) is 4.46. The molecule has 3 aliphatic rings. The van der Waals surface area contributed by atoms with Gasteiger partial charge in [-0.05, 0) is 51.6 Å². The molecular formula is C13H24N2O. The third kappa shape index (κ3) is 2.27. The molecule has 2 saturated heterocycles. The molecule has 0 aromatic heterocycles. The normalized spacial score (nSPS) is 42.2. The molecule has 92 valence electrons. The molecule has 3 nitrogen and oxygen atoms in total. The predicted octanol–water partition coefficient (Wildman–Crippen LogP) is 1.24. The lowest BCUT2D eigenvalue weighted by Gasteiger charge is -2.31. The molecule has 3 rings (SSSR count). The second-order valence-corrected chi connectivity index (χ2v) is 5.68. The second kappa shape index (κ2) is 4.63. The highest BCUT2D eigenvalue weighted by Gasteiger charge is 2.37. The van der Waals surface area contributed by atoms with E-state index in [0.717, 1.165) is 18.6 Å². The fourth-order valence-corrected chi connectivity index (χ4v) is 3.29. The Morgan fingerprint density at radius 2 is 2.12 bits per heavy atom. The molecule has 0 aromatic rings. The molecule has 2 aliphatic heterocycles. The Kier molecular flexibility index (Phi) is 3.18. The minimum absolute atomic E-state index is 0.443. The number of hydrogen-bond donors (Lipinski definition) is 1. The molecule has 0 spiro atoms. The third-order valence-corrected chi connectivity index (χ3v) is 4.46. The van der Waals surface area contributed by atoms with Crippen molar-refractivity contribution in [2.24, 2.45) is 5.92 Å². The van der Waals surface area contributed by atoms with Gasteiger partial charge < -0.3 is 10.1 Å². The number of rotatable bonds is 2. The maximum atomic E-state index is 5.71. The fourth-order valence-electron chi connectivity index (χ4n) is 3.29. The Labute approximate surface area is 98.5 Å². The van der Waals surface area contributed by atoms with E-state index in [1.165, 1.54) is 45.3 Å². The molecule has 0 aromatic carbocycles. The van der Waals surface area contributed by atoms with E-state index in [2.05, 4.69) is 17.1 Å². The quantitative estimate of drug-likeness (QED) is 0.764. The lowest BCUT2D eigenvalue weighted by Crippen LogP contribution is -2.46. The van der Waals surface area contributed by atoms with Gasteiger partial charge in [0.05, 0.1) is 6.10 Å². The summed E-state index contributed by atoms with van der Waals surface area (Å²) in [5.41, 5.74) is 0. The molecule has 0 bridgehead atoms.